The first-order valence-corrected chi connectivity index (χ1v) is 7.34. The first-order valence-electron chi connectivity index (χ1n) is 6.16. The molecule has 5 heteroatoms. The second kappa shape index (κ2) is 6.68. The van der Waals surface area contributed by atoms with Crippen molar-refractivity contribution in [3.8, 4) is 0 Å². The summed E-state index contributed by atoms with van der Waals surface area (Å²) in [5.74, 6) is 5.36. The molecule has 0 aliphatic rings. The lowest BCUT2D eigenvalue weighted by molar-refractivity contribution is 0.548. The normalized spacial score (nSPS) is 12.4. The number of hydrogen-bond donors (Lipinski definition) is 2. The topological polar surface area (TPSA) is 38.0 Å². The second-order valence-corrected chi connectivity index (χ2v) is 6.03. The van der Waals surface area contributed by atoms with E-state index in [2.05, 4.69) is 21.4 Å². The van der Waals surface area contributed by atoms with Crippen LogP contribution in [-0.2, 0) is 6.42 Å². The Morgan fingerprint density at radius 3 is 2.65 bits per heavy atom. The molecule has 0 saturated heterocycles. The average molecular weight is 358 g/mol. The highest BCUT2D eigenvalue weighted by Gasteiger charge is 2.12. The van der Waals surface area contributed by atoms with Crippen LogP contribution in [0.25, 0.3) is 0 Å². The van der Waals surface area contributed by atoms with Gasteiger partial charge in [-0.25, -0.2) is 4.39 Å². The molecule has 106 valence electrons. The van der Waals surface area contributed by atoms with Crippen molar-refractivity contribution in [3.63, 3.8) is 0 Å². The van der Waals surface area contributed by atoms with E-state index in [1.165, 1.54) is 12.1 Å². The van der Waals surface area contributed by atoms with Gasteiger partial charge in [-0.05, 0) is 54.3 Å². The minimum absolute atomic E-state index is 0.0975. The highest BCUT2D eigenvalue weighted by atomic mass is 79.9. The van der Waals surface area contributed by atoms with Crippen LogP contribution in [0.15, 0.2) is 40.9 Å². The fourth-order valence-corrected chi connectivity index (χ4v) is 2.75. The van der Waals surface area contributed by atoms with Crippen LogP contribution in [0.4, 0.5) is 4.39 Å². The fourth-order valence-electron chi connectivity index (χ4n) is 2.12. The maximum absolute atomic E-state index is 13.4. The summed E-state index contributed by atoms with van der Waals surface area (Å²) < 4.78 is 14.1. The Balaban J connectivity index is 2.26. The van der Waals surface area contributed by atoms with Crippen molar-refractivity contribution < 1.29 is 4.39 Å². The summed E-state index contributed by atoms with van der Waals surface area (Å²) in [6.45, 7) is 1.94. The molecule has 0 aliphatic heterocycles. The van der Waals surface area contributed by atoms with Gasteiger partial charge in [0.05, 0.1) is 0 Å². The first-order chi connectivity index (χ1) is 9.49. The molecular formula is C15H15BrClFN2. The number of nitrogens with one attached hydrogen (secondary N) is 1. The van der Waals surface area contributed by atoms with E-state index < -0.39 is 0 Å². The monoisotopic (exact) mass is 356 g/mol. The van der Waals surface area contributed by atoms with Crippen molar-refractivity contribution in [2.24, 2.45) is 5.84 Å². The van der Waals surface area contributed by atoms with Crippen LogP contribution in [0.5, 0.6) is 0 Å². The Morgan fingerprint density at radius 1 is 1.30 bits per heavy atom. The fraction of sp³-hybridized carbons (Fsp3) is 0.200. The molecule has 0 aliphatic carbocycles. The summed E-state index contributed by atoms with van der Waals surface area (Å²) in [6, 6.07) is 10.5. The summed E-state index contributed by atoms with van der Waals surface area (Å²) in [4.78, 5) is 0. The molecule has 0 heterocycles. The van der Waals surface area contributed by atoms with Crippen molar-refractivity contribution in [2.45, 2.75) is 19.4 Å². The van der Waals surface area contributed by atoms with E-state index in [0.717, 1.165) is 26.2 Å². The minimum Gasteiger partial charge on any atom is -0.271 e. The third-order valence-corrected chi connectivity index (χ3v) is 4.03. The van der Waals surface area contributed by atoms with Gasteiger partial charge in [-0.15, -0.1) is 0 Å². The van der Waals surface area contributed by atoms with E-state index in [0.29, 0.717) is 6.42 Å². The van der Waals surface area contributed by atoms with E-state index in [1.807, 2.05) is 31.2 Å². The van der Waals surface area contributed by atoms with E-state index in [1.54, 1.807) is 0 Å². The molecular weight excluding hydrogens is 343 g/mol. The molecule has 20 heavy (non-hydrogen) atoms. The lowest BCUT2D eigenvalue weighted by Crippen LogP contribution is -2.29. The molecule has 0 radical (unpaired) electrons. The molecule has 0 bridgehead atoms. The molecule has 2 aromatic rings. The smallest absolute Gasteiger partial charge is 0.124 e. The van der Waals surface area contributed by atoms with Gasteiger partial charge in [0.15, 0.2) is 0 Å². The highest BCUT2D eigenvalue weighted by Crippen LogP contribution is 2.24. The van der Waals surface area contributed by atoms with Crippen molar-refractivity contribution >= 4 is 27.5 Å². The van der Waals surface area contributed by atoms with Crippen molar-refractivity contribution in [3.05, 3.63) is 68.4 Å². The SMILES string of the molecule is Cc1cc(C(Cc2cc(F)cc(Br)c2)NN)ccc1Cl. The van der Waals surface area contributed by atoms with E-state index in [-0.39, 0.29) is 11.9 Å². The maximum atomic E-state index is 13.4. The third-order valence-electron chi connectivity index (χ3n) is 3.15. The molecule has 2 nitrogen and oxygen atoms in total. The molecule has 0 fully saturated rings. The van der Waals surface area contributed by atoms with Crippen LogP contribution in [0, 0.1) is 12.7 Å². The molecule has 1 unspecified atom stereocenters. The number of benzene rings is 2. The largest absolute Gasteiger partial charge is 0.271 e. The molecule has 0 aromatic heterocycles. The van der Waals surface area contributed by atoms with Gasteiger partial charge in [0, 0.05) is 15.5 Å². The zero-order chi connectivity index (χ0) is 14.7. The Morgan fingerprint density at radius 2 is 2.05 bits per heavy atom. The van der Waals surface area contributed by atoms with Crippen LogP contribution in [0.1, 0.15) is 22.7 Å². The summed E-state index contributed by atoms with van der Waals surface area (Å²) >= 11 is 9.32. The van der Waals surface area contributed by atoms with Crippen LogP contribution in [-0.4, -0.2) is 0 Å². The van der Waals surface area contributed by atoms with Crippen LogP contribution in [0.3, 0.4) is 0 Å². The van der Waals surface area contributed by atoms with Crippen molar-refractivity contribution in [1.82, 2.24) is 5.43 Å². The summed E-state index contributed by atoms with van der Waals surface area (Å²) in [5, 5.41) is 0.720. The Bertz CT molecular complexity index is 599. The van der Waals surface area contributed by atoms with Crippen molar-refractivity contribution in [1.29, 1.82) is 0 Å². The van der Waals surface area contributed by atoms with Gasteiger partial charge >= 0.3 is 0 Å². The van der Waals surface area contributed by atoms with Gasteiger partial charge in [0.1, 0.15) is 5.82 Å². The zero-order valence-electron chi connectivity index (χ0n) is 11.0. The van der Waals surface area contributed by atoms with Crippen LogP contribution >= 0.6 is 27.5 Å². The van der Waals surface area contributed by atoms with Crippen LogP contribution < -0.4 is 11.3 Å². The van der Waals surface area contributed by atoms with Gasteiger partial charge in [0.25, 0.3) is 0 Å². The van der Waals surface area contributed by atoms with E-state index >= 15 is 0 Å². The number of hydrogen-bond acceptors (Lipinski definition) is 2. The van der Waals surface area contributed by atoms with Crippen molar-refractivity contribution in [2.75, 3.05) is 0 Å². The summed E-state index contributed by atoms with van der Waals surface area (Å²) in [5.41, 5.74) is 5.65. The predicted molar refractivity (Wildman–Crippen MR) is 84.1 cm³/mol. The second-order valence-electron chi connectivity index (χ2n) is 4.71. The van der Waals surface area contributed by atoms with E-state index in [4.69, 9.17) is 17.4 Å². The Labute approximate surface area is 131 Å². The predicted octanol–water partition coefficient (Wildman–Crippen LogP) is 4.30. The highest BCUT2D eigenvalue weighted by molar-refractivity contribution is 9.10. The summed E-state index contributed by atoms with van der Waals surface area (Å²) in [7, 11) is 0. The standard InChI is InChI=1S/C15H15BrClFN2/c1-9-4-11(2-3-14(9)17)15(20-19)7-10-5-12(16)8-13(18)6-10/h2-6,8,15,20H,7,19H2,1H3. The molecule has 0 spiro atoms. The lowest BCUT2D eigenvalue weighted by Gasteiger charge is -2.17. The molecule has 1 atom stereocenters. The average Bonchev–Trinajstić information content (AvgIpc) is 2.38. The Hall–Kier alpha value is -0.940. The first kappa shape index (κ1) is 15.4. The van der Waals surface area contributed by atoms with Gasteiger partial charge in [-0.1, -0.05) is 39.7 Å². The third kappa shape index (κ3) is 3.79. The number of aryl methyl sites for hydroxylation is 1. The molecule has 0 amide bonds. The van der Waals surface area contributed by atoms with Crippen LogP contribution in [0.2, 0.25) is 5.02 Å². The Kier molecular flexibility index (Phi) is 5.16. The molecule has 0 saturated carbocycles. The quantitative estimate of drug-likeness (QED) is 0.632. The number of hydrazine groups is 1. The molecule has 3 N–H and O–H groups in total. The minimum atomic E-state index is -0.266. The van der Waals surface area contributed by atoms with Gasteiger partial charge in [0.2, 0.25) is 0 Å². The van der Waals surface area contributed by atoms with Gasteiger partial charge < -0.3 is 0 Å². The molecule has 2 aromatic carbocycles. The van der Waals surface area contributed by atoms with Gasteiger partial charge in [-0.2, -0.15) is 0 Å². The summed E-state index contributed by atoms with van der Waals surface area (Å²) in [6.07, 6.45) is 0.591. The lowest BCUT2D eigenvalue weighted by atomic mass is 9.98. The number of rotatable bonds is 4. The van der Waals surface area contributed by atoms with Gasteiger partial charge in [-0.3, -0.25) is 11.3 Å². The number of halogens is 3. The number of nitrogens with two attached hydrogens (primary N) is 1. The maximum Gasteiger partial charge on any atom is 0.124 e. The van der Waals surface area contributed by atoms with E-state index in [9.17, 15) is 4.39 Å². The molecule has 2 rings (SSSR count). The zero-order valence-corrected chi connectivity index (χ0v) is 13.3.